The fourth-order valence-electron chi connectivity index (χ4n) is 2.46. The molecule has 0 aliphatic heterocycles. The summed E-state index contributed by atoms with van der Waals surface area (Å²) in [5.74, 6) is 0. The first kappa shape index (κ1) is 21.4. The van der Waals surface area contributed by atoms with Gasteiger partial charge in [-0.05, 0) is 19.1 Å². The predicted molar refractivity (Wildman–Crippen MR) is 105 cm³/mol. The van der Waals surface area contributed by atoms with Crippen molar-refractivity contribution in [2.24, 2.45) is 0 Å². The molecule has 21 heavy (non-hydrogen) atoms. The van der Waals surface area contributed by atoms with Gasteiger partial charge in [0.1, 0.15) is 0 Å². The molecule has 0 saturated carbocycles. The molecule has 0 N–H and O–H groups in total. The van der Waals surface area contributed by atoms with Crippen LogP contribution < -0.4 is 0 Å². The van der Waals surface area contributed by atoms with Crippen LogP contribution in [0.4, 0.5) is 0 Å². The van der Waals surface area contributed by atoms with Crippen molar-refractivity contribution in [3.05, 3.63) is 29.8 Å². The van der Waals surface area contributed by atoms with Crippen molar-refractivity contribution in [2.45, 2.75) is 84.4 Å². The monoisotopic (exact) mass is 416 g/mol. The van der Waals surface area contributed by atoms with Crippen LogP contribution in [-0.2, 0) is 0 Å². The molecule has 1 aromatic rings. The molecule has 2 heteroatoms. The van der Waals surface area contributed by atoms with E-state index in [1.807, 2.05) is 24.3 Å². The Morgan fingerprint density at radius 1 is 0.762 bits per heavy atom. The minimum atomic E-state index is -0.967. The van der Waals surface area contributed by atoms with E-state index >= 15 is 0 Å². The van der Waals surface area contributed by atoms with E-state index in [4.69, 9.17) is 0 Å². The van der Waals surface area contributed by atoms with Gasteiger partial charge in [0, 0.05) is 4.90 Å². The minimum Gasteiger partial charge on any atom is -0.143 e. The molecule has 1 rings (SSSR count). The summed E-state index contributed by atoms with van der Waals surface area (Å²) in [7, 11) is 0. The van der Waals surface area contributed by atoms with Gasteiger partial charge in [0.15, 0.2) is 0 Å². The van der Waals surface area contributed by atoms with Crippen molar-refractivity contribution in [3.63, 3.8) is 0 Å². The van der Waals surface area contributed by atoms with Crippen LogP contribution in [-0.4, -0.2) is 19.8 Å². The first-order chi connectivity index (χ1) is 10.1. The molecule has 0 unspecified atom stereocenters. The Balaban J connectivity index is 0.000000423. The van der Waals surface area contributed by atoms with Crippen molar-refractivity contribution in [3.8, 4) is 0 Å². The van der Waals surface area contributed by atoms with Gasteiger partial charge < -0.3 is 0 Å². The molecular formula is C19H36SSn. The molecule has 122 valence electrons. The fourth-order valence-corrected chi connectivity index (χ4v) is 13.5. The zero-order chi connectivity index (χ0) is 15.9. The summed E-state index contributed by atoms with van der Waals surface area (Å²) < 4.78 is 5.08. The Labute approximate surface area is 146 Å². The zero-order valence-electron chi connectivity index (χ0n) is 14.7. The summed E-state index contributed by atoms with van der Waals surface area (Å²) in [5, 5.41) is 0. The molecule has 0 aromatic heterocycles. The number of unbranched alkanes of at least 4 members (excludes halogenated alkanes) is 3. The topological polar surface area (TPSA) is 0 Å². The van der Waals surface area contributed by atoms with Gasteiger partial charge in [-0.2, -0.15) is 0 Å². The molecule has 0 aliphatic carbocycles. The normalized spacial score (nSPS) is 10.4. The number of benzene rings is 1. The summed E-state index contributed by atoms with van der Waals surface area (Å²) in [4.78, 5) is 1.02. The Bertz CT molecular complexity index is 281. The van der Waals surface area contributed by atoms with E-state index in [2.05, 4.69) is 40.3 Å². The molecule has 0 amide bonds. The van der Waals surface area contributed by atoms with E-state index in [1.165, 1.54) is 44.1 Å². The van der Waals surface area contributed by atoms with Gasteiger partial charge in [-0.3, -0.25) is 0 Å². The molecule has 1 aromatic carbocycles. The minimum absolute atomic E-state index is 0.967. The van der Waals surface area contributed by atoms with Gasteiger partial charge >= 0.3 is 92.4 Å². The maximum Gasteiger partial charge on any atom is 0.00401 e. The van der Waals surface area contributed by atoms with Crippen LogP contribution in [0.2, 0.25) is 13.3 Å². The third kappa shape index (κ3) is 13.7. The molecule has 0 aliphatic rings. The summed E-state index contributed by atoms with van der Waals surface area (Å²) in [6.45, 7) is 9.07. The number of aryl methyl sites for hydroxylation is 1. The molecule has 0 spiro atoms. The first-order valence-electron chi connectivity index (χ1n) is 8.89. The largest absolute Gasteiger partial charge is 0.143 e. The maximum atomic E-state index is 4.13. The predicted octanol–water partition coefficient (Wildman–Crippen LogP) is 6.90. The van der Waals surface area contributed by atoms with Crippen molar-refractivity contribution in [2.75, 3.05) is 0 Å². The Morgan fingerprint density at radius 3 is 1.43 bits per heavy atom. The number of thiol groups is 1. The molecule has 0 atom stereocenters. The Kier molecular flexibility index (Phi) is 15.5. The van der Waals surface area contributed by atoms with Crippen LogP contribution in [0, 0.1) is 6.92 Å². The fraction of sp³-hybridized carbons (Fsp3) is 0.684. The van der Waals surface area contributed by atoms with Gasteiger partial charge in [-0.15, -0.1) is 12.6 Å². The quantitative estimate of drug-likeness (QED) is 0.329. The standard InChI is InChI=1S/C7H8S.3C4H9.Sn.H/c1-6-2-4-7(8)5-3-6;3*1-3-4-2;;/h2-5,8H,1H3;3*1,3-4H2,2H3;;. The molecule has 0 nitrogen and oxygen atoms in total. The van der Waals surface area contributed by atoms with Gasteiger partial charge in [-0.1, -0.05) is 17.7 Å². The van der Waals surface area contributed by atoms with E-state index in [0.29, 0.717) is 0 Å². The van der Waals surface area contributed by atoms with Crippen molar-refractivity contribution >= 4 is 32.4 Å². The van der Waals surface area contributed by atoms with Crippen molar-refractivity contribution < 1.29 is 0 Å². The second kappa shape index (κ2) is 15.3. The molecule has 0 saturated heterocycles. The van der Waals surface area contributed by atoms with Crippen LogP contribution in [0.25, 0.3) is 0 Å². The van der Waals surface area contributed by atoms with Crippen LogP contribution in [0.5, 0.6) is 0 Å². The first-order valence-corrected chi connectivity index (χ1v) is 16.3. The summed E-state index contributed by atoms with van der Waals surface area (Å²) >= 11 is 3.16. The van der Waals surface area contributed by atoms with E-state index in [-0.39, 0.29) is 0 Å². The van der Waals surface area contributed by atoms with Crippen LogP contribution in [0.1, 0.15) is 64.9 Å². The van der Waals surface area contributed by atoms with E-state index in [9.17, 15) is 0 Å². The average Bonchev–Trinajstić information content (AvgIpc) is 2.50. The van der Waals surface area contributed by atoms with Crippen molar-refractivity contribution in [1.82, 2.24) is 0 Å². The molecule has 0 fully saturated rings. The average molecular weight is 415 g/mol. The number of hydrogen-bond acceptors (Lipinski definition) is 1. The van der Waals surface area contributed by atoms with Gasteiger partial charge in [0.25, 0.3) is 0 Å². The van der Waals surface area contributed by atoms with Crippen LogP contribution in [0.15, 0.2) is 29.2 Å². The summed E-state index contributed by atoms with van der Waals surface area (Å²) in [5.41, 5.74) is 1.28. The van der Waals surface area contributed by atoms with Crippen molar-refractivity contribution in [1.29, 1.82) is 0 Å². The maximum absolute atomic E-state index is 4.13. The van der Waals surface area contributed by atoms with Gasteiger partial charge in [-0.25, -0.2) is 0 Å². The van der Waals surface area contributed by atoms with Gasteiger partial charge in [0.05, 0.1) is 0 Å². The molecular weight excluding hydrogens is 379 g/mol. The number of hydrogen-bond donors (Lipinski definition) is 1. The van der Waals surface area contributed by atoms with Crippen LogP contribution in [0.3, 0.4) is 0 Å². The molecule has 0 heterocycles. The van der Waals surface area contributed by atoms with E-state index in [1.54, 1.807) is 13.3 Å². The van der Waals surface area contributed by atoms with E-state index in [0.717, 1.165) is 4.90 Å². The van der Waals surface area contributed by atoms with Crippen LogP contribution >= 0.6 is 12.6 Å². The molecule has 0 bridgehead atoms. The Morgan fingerprint density at radius 2 is 1.14 bits per heavy atom. The zero-order valence-corrected chi connectivity index (χ0v) is 18.9. The van der Waals surface area contributed by atoms with Gasteiger partial charge in [0.2, 0.25) is 0 Å². The molecule has 0 radical (unpaired) electrons. The smallest absolute Gasteiger partial charge is 0.00401 e. The third-order valence-corrected chi connectivity index (χ3v) is 14.7. The number of rotatable bonds is 9. The summed E-state index contributed by atoms with van der Waals surface area (Å²) in [6, 6.07) is 8.06. The third-order valence-electron chi connectivity index (χ3n) is 3.93. The Hall–Kier alpha value is 0.369. The second-order valence-electron chi connectivity index (χ2n) is 6.13. The summed E-state index contributed by atoms with van der Waals surface area (Å²) in [6.07, 6.45) is 8.87. The SMILES string of the molecule is CCC[CH2][SnH]([CH2]CCC)[CH2]CCC.Cc1ccc(S)cc1. The second-order valence-corrected chi connectivity index (χ2v) is 16.5. The van der Waals surface area contributed by atoms with E-state index < -0.39 is 19.8 Å².